The van der Waals surface area contributed by atoms with Gasteiger partial charge in [-0.2, -0.15) is 0 Å². The van der Waals surface area contributed by atoms with Crippen molar-refractivity contribution in [3.8, 4) is 23.0 Å². The molecule has 0 aliphatic carbocycles. The van der Waals surface area contributed by atoms with Crippen LogP contribution in [0.4, 0.5) is 0 Å². The molecule has 8 nitrogen and oxygen atoms in total. The minimum atomic E-state index is -0.605. The van der Waals surface area contributed by atoms with Crippen LogP contribution in [-0.4, -0.2) is 23.9 Å². The number of rotatable bonds is 12. The van der Waals surface area contributed by atoms with Gasteiger partial charge in [-0.05, 0) is 65.0 Å². The molecule has 4 rings (SSSR count). The molecule has 0 spiro atoms. The Morgan fingerprint density at radius 2 is 0.918 bits per heavy atom. The Morgan fingerprint density at radius 3 is 1.27 bits per heavy atom. The van der Waals surface area contributed by atoms with E-state index in [2.05, 4.69) is 13.0 Å². The molecule has 0 amide bonds. The van der Waals surface area contributed by atoms with E-state index in [0.29, 0.717) is 68.5 Å². The van der Waals surface area contributed by atoms with Crippen LogP contribution >= 0.6 is 0 Å². The van der Waals surface area contributed by atoms with E-state index < -0.39 is 23.9 Å². The van der Waals surface area contributed by atoms with Gasteiger partial charge in [-0.25, -0.2) is 0 Å². The molecule has 4 aromatic carbocycles. The Kier molecular flexibility index (Phi) is 12.1. The highest BCUT2D eigenvalue weighted by Gasteiger charge is 2.24. The maximum atomic E-state index is 13.3. The molecule has 256 valence electrons. The monoisotopic (exact) mass is 664 g/mol. The highest BCUT2D eigenvalue weighted by Crippen LogP contribution is 2.43. The summed E-state index contributed by atoms with van der Waals surface area (Å²) in [5.74, 6) is -0.523. The third kappa shape index (κ3) is 8.82. The standard InChI is InChI=1S/C41H44O8/c1-9-25(4)19-21-31-27(6)39(33-15-11-13-17-35(33)41(31)47-29(8)43)49-37(45)23-22-36(44)48-38-26(5)30(20-18-24(2)3)40(46-28(7)42)34-16-12-10-14-32(34)38/h10-19H,9,20-23H2,1-8H3/b25-19+. The van der Waals surface area contributed by atoms with Crippen molar-refractivity contribution in [3.05, 3.63) is 94.1 Å². The number of fused-ring (bicyclic) bond motifs is 2. The quantitative estimate of drug-likeness (QED) is 0.0839. The van der Waals surface area contributed by atoms with E-state index >= 15 is 0 Å². The predicted octanol–water partition coefficient (Wildman–Crippen LogP) is 9.16. The molecule has 0 saturated carbocycles. The highest BCUT2D eigenvalue weighted by atomic mass is 16.6. The third-order valence-electron chi connectivity index (χ3n) is 8.35. The van der Waals surface area contributed by atoms with E-state index in [1.165, 1.54) is 19.4 Å². The molecule has 0 heterocycles. The van der Waals surface area contributed by atoms with Gasteiger partial charge in [-0.15, -0.1) is 0 Å². The van der Waals surface area contributed by atoms with Gasteiger partial charge in [0.05, 0.1) is 12.8 Å². The van der Waals surface area contributed by atoms with Crippen LogP contribution in [0.5, 0.6) is 23.0 Å². The lowest BCUT2D eigenvalue weighted by molar-refractivity contribution is -0.140. The molecule has 0 saturated heterocycles. The van der Waals surface area contributed by atoms with Crippen LogP contribution in [0.2, 0.25) is 0 Å². The van der Waals surface area contributed by atoms with Crippen LogP contribution in [0, 0.1) is 13.8 Å². The fourth-order valence-electron chi connectivity index (χ4n) is 5.64. The van der Waals surface area contributed by atoms with Gasteiger partial charge in [0.2, 0.25) is 0 Å². The first-order valence-corrected chi connectivity index (χ1v) is 16.5. The largest absolute Gasteiger partial charge is 0.426 e. The van der Waals surface area contributed by atoms with Crippen molar-refractivity contribution < 1.29 is 38.1 Å². The number of hydrogen-bond acceptors (Lipinski definition) is 8. The van der Waals surface area contributed by atoms with Crippen molar-refractivity contribution in [2.45, 2.75) is 87.5 Å². The summed E-state index contributed by atoms with van der Waals surface area (Å²) >= 11 is 0. The summed E-state index contributed by atoms with van der Waals surface area (Å²) in [7, 11) is 0. The van der Waals surface area contributed by atoms with Crippen LogP contribution in [0.15, 0.2) is 71.8 Å². The van der Waals surface area contributed by atoms with E-state index in [-0.39, 0.29) is 12.8 Å². The second-order valence-electron chi connectivity index (χ2n) is 12.3. The molecular weight excluding hydrogens is 620 g/mol. The number of carbonyl (C=O) groups is 4. The molecule has 0 aliphatic rings. The van der Waals surface area contributed by atoms with Crippen LogP contribution < -0.4 is 18.9 Å². The first-order valence-electron chi connectivity index (χ1n) is 16.5. The zero-order valence-corrected chi connectivity index (χ0v) is 29.6. The molecular formula is C41H44O8. The van der Waals surface area contributed by atoms with Crippen molar-refractivity contribution in [3.63, 3.8) is 0 Å². The number of hydrogen-bond donors (Lipinski definition) is 0. The van der Waals surface area contributed by atoms with Gasteiger partial charge in [0.25, 0.3) is 0 Å². The molecule has 49 heavy (non-hydrogen) atoms. The summed E-state index contributed by atoms with van der Waals surface area (Å²) in [4.78, 5) is 50.7. The highest BCUT2D eigenvalue weighted by molar-refractivity contribution is 6.00. The number of esters is 4. The number of benzene rings is 4. The lowest BCUT2D eigenvalue weighted by atomic mass is 9.95. The molecule has 0 aliphatic heterocycles. The fraction of sp³-hybridized carbons (Fsp3) is 0.317. The molecule has 8 heteroatoms. The first-order chi connectivity index (χ1) is 23.3. The molecule has 0 radical (unpaired) electrons. The van der Waals surface area contributed by atoms with Crippen LogP contribution in [-0.2, 0) is 32.0 Å². The Labute approximate surface area is 287 Å². The van der Waals surface area contributed by atoms with E-state index in [0.717, 1.165) is 23.1 Å². The summed E-state index contributed by atoms with van der Waals surface area (Å²) in [5.41, 5.74) is 5.07. The number of carbonyl (C=O) groups excluding carboxylic acids is 4. The zero-order chi connectivity index (χ0) is 35.8. The van der Waals surface area contributed by atoms with Gasteiger partial charge in [-0.3, -0.25) is 19.2 Å². The third-order valence-corrected chi connectivity index (χ3v) is 8.35. The van der Waals surface area contributed by atoms with Crippen molar-refractivity contribution in [2.75, 3.05) is 0 Å². The minimum absolute atomic E-state index is 0.227. The molecule has 0 unspecified atom stereocenters. The van der Waals surface area contributed by atoms with Crippen molar-refractivity contribution in [1.82, 2.24) is 0 Å². The van der Waals surface area contributed by atoms with Crippen LogP contribution in [0.25, 0.3) is 21.5 Å². The lowest BCUT2D eigenvalue weighted by Gasteiger charge is -2.19. The zero-order valence-electron chi connectivity index (χ0n) is 29.6. The van der Waals surface area contributed by atoms with E-state index in [4.69, 9.17) is 18.9 Å². The van der Waals surface area contributed by atoms with E-state index in [1.54, 1.807) is 6.07 Å². The lowest BCUT2D eigenvalue weighted by Crippen LogP contribution is -2.16. The van der Waals surface area contributed by atoms with Crippen molar-refractivity contribution in [1.29, 1.82) is 0 Å². The normalized spacial score (nSPS) is 11.3. The summed E-state index contributed by atoms with van der Waals surface area (Å²) < 4.78 is 23.3. The van der Waals surface area contributed by atoms with Gasteiger partial charge < -0.3 is 18.9 Å². The minimum Gasteiger partial charge on any atom is -0.426 e. The van der Waals surface area contributed by atoms with Gasteiger partial charge in [0.1, 0.15) is 23.0 Å². The summed E-state index contributed by atoms with van der Waals surface area (Å²) in [6, 6.07) is 14.6. The fourth-order valence-corrected chi connectivity index (χ4v) is 5.64. The molecule has 0 N–H and O–H groups in total. The molecule has 0 fully saturated rings. The predicted molar refractivity (Wildman–Crippen MR) is 191 cm³/mol. The molecule has 4 aromatic rings. The summed E-state index contributed by atoms with van der Waals surface area (Å²) in [6.45, 7) is 14.4. The molecule has 0 atom stereocenters. The number of allylic oxidation sites excluding steroid dienone is 4. The topological polar surface area (TPSA) is 105 Å². The maximum absolute atomic E-state index is 13.3. The van der Waals surface area contributed by atoms with Gasteiger partial charge in [0.15, 0.2) is 0 Å². The van der Waals surface area contributed by atoms with Crippen molar-refractivity contribution in [2.24, 2.45) is 0 Å². The van der Waals surface area contributed by atoms with Crippen LogP contribution in [0.1, 0.15) is 83.1 Å². The number of ether oxygens (including phenoxy) is 4. The molecule has 0 aromatic heterocycles. The Hall–Kier alpha value is -5.24. The van der Waals surface area contributed by atoms with E-state index in [9.17, 15) is 19.2 Å². The smallest absolute Gasteiger partial charge is 0.311 e. The van der Waals surface area contributed by atoms with E-state index in [1.807, 2.05) is 83.2 Å². The average molecular weight is 665 g/mol. The Bertz CT molecular complexity index is 1990. The van der Waals surface area contributed by atoms with Crippen molar-refractivity contribution >= 4 is 45.4 Å². The van der Waals surface area contributed by atoms with Crippen LogP contribution in [0.3, 0.4) is 0 Å². The van der Waals surface area contributed by atoms with Gasteiger partial charge >= 0.3 is 23.9 Å². The Balaban J connectivity index is 1.63. The van der Waals surface area contributed by atoms with Gasteiger partial charge in [-0.1, -0.05) is 78.8 Å². The second kappa shape index (κ2) is 16.2. The average Bonchev–Trinajstić information content (AvgIpc) is 3.06. The first kappa shape index (κ1) is 36.6. The summed E-state index contributed by atoms with van der Waals surface area (Å²) in [6.07, 6.45) is 5.46. The SMILES string of the molecule is CC/C(C)=C/Cc1c(C)c(OC(=O)CCC(=O)Oc2c(C)c(CC=C(C)C)c(OC(C)=O)c3ccccc23)c2ccccc2c1OC(C)=O. The maximum Gasteiger partial charge on any atom is 0.311 e. The second-order valence-corrected chi connectivity index (χ2v) is 12.3. The summed E-state index contributed by atoms with van der Waals surface area (Å²) in [5, 5.41) is 2.52. The molecule has 0 bridgehead atoms. The van der Waals surface area contributed by atoms with Gasteiger partial charge in [0, 0.05) is 46.5 Å². The Morgan fingerprint density at radius 1 is 0.551 bits per heavy atom.